The zero-order valence-corrected chi connectivity index (χ0v) is 10.4. The highest BCUT2D eigenvalue weighted by Crippen LogP contribution is 2.30. The van der Waals surface area contributed by atoms with Gasteiger partial charge in [-0.3, -0.25) is 0 Å². The third-order valence-corrected chi connectivity index (χ3v) is 3.29. The van der Waals surface area contributed by atoms with Crippen LogP contribution in [0.15, 0.2) is 66.9 Å². The van der Waals surface area contributed by atoms with Crippen LogP contribution in [0.25, 0.3) is 22.4 Å². The number of hydrogen-bond acceptors (Lipinski definition) is 0. The molecule has 0 aliphatic carbocycles. The molecule has 0 saturated carbocycles. The Labute approximate surface area is 107 Å². The Kier molecular flexibility index (Phi) is 2.73. The maximum atomic E-state index is 3.39. The van der Waals surface area contributed by atoms with Crippen molar-refractivity contribution in [2.24, 2.45) is 0 Å². The Morgan fingerprint density at radius 1 is 0.722 bits per heavy atom. The highest BCUT2D eigenvalue weighted by atomic mass is 14.7. The van der Waals surface area contributed by atoms with Gasteiger partial charge in [-0.15, -0.1) is 0 Å². The molecule has 1 aromatic heterocycles. The molecule has 0 fully saturated rings. The second kappa shape index (κ2) is 4.53. The molecule has 18 heavy (non-hydrogen) atoms. The van der Waals surface area contributed by atoms with Crippen molar-refractivity contribution in [2.75, 3.05) is 0 Å². The number of hydrogen-bond donors (Lipinski definition) is 1. The Bertz CT molecular complexity index is 579. The summed E-state index contributed by atoms with van der Waals surface area (Å²) < 4.78 is 0. The van der Waals surface area contributed by atoms with Crippen molar-refractivity contribution < 1.29 is 0 Å². The zero-order chi connectivity index (χ0) is 12.4. The van der Waals surface area contributed by atoms with E-state index in [2.05, 4.69) is 66.6 Å². The highest BCUT2D eigenvalue weighted by molar-refractivity contribution is 5.76. The van der Waals surface area contributed by atoms with Crippen LogP contribution in [-0.4, -0.2) is 4.98 Å². The maximum Gasteiger partial charge on any atom is 0.0490 e. The Balaban J connectivity index is 2.09. The molecule has 3 rings (SSSR count). The molecule has 0 aliphatic heterocycles. The molecule has 1 heterocycles. The number of nitrogens with one attached hydrogen (secondary N) is 1. The molecule has 3 aromatic rings. The van der Waals surface area contributed by atoms with Crippen LogP contribution in [0.1, 0.15) is 5.56 Å². The lowest BCUT2D eigenvalue weighted by molar-refractivity contribution is 1.38. The van der Waals surface area contributed by atoms with Crippen molar-refractivity contribution in [3.8, 4) is 22.4 Å². The van der Waals surface area contributed by atoms with E-state index in [1.54, 1.807) is 0 Å². The van der Waals surface area contributed by atoms with E-state index in [4.69, 9.17) is 0 Å². The lowest BCUT2D eigenvalue weighted by atomic mass is 10.0. The van der Waals surface area contributed by atoms with Crippen LogP contribution in [0.4, 0.5) is 0 Å². The van der Waals surface area contributed by atoms with Gasteiger partial charge in [-0.2, -0.15) is 0 Å². The number of aromatic amines is 1. The average Bonchev–Trinajstić information content (AvgIpc) is 2.83. The van der Waals surface area contributed by atoms with Crippen molar-refractivity contribution in [1.82, 2.24) is 4.98 Å². The minimum atomic E-state index is 1.20. The first-order valence-corrected chi connectivity index (χ1v) is 6.15. The summed E-state index contributed by atoms with van der Waals surface area (Å²) in [4.78, 5) is 3.39. The van der Waals surface area contributed by atoms with Crippen LogP contribution >= 0.6 is 0 Å². The van der Waals surface area contributed by atoms with Gasteiger partial charge in [-0.25, -0.2) is 0 Å². The zero-order valence-electron chi connectivity index (χ0n) is 10.4. The lowest BCUT2D eigenvalue weighted by Crippen LogP contribution is -1.81. The molecule has 2 aromatic carbocycles. The van der Waals surface area contributed by atoms with Crippen LogP contribution in [0.2, 0.25) is 0 Å². The van der Waals surface area contributed by atoms with Crippen molar-refractivity contribution in [3.63, 3.8) is 0 Å². The molecule has 0 spiro atoms. The summed E-state index contributed by atoms with van der Waals surface area (Å²) >= 11 is 0. The highest BCUT2D eigenvalue weighted by Gasteiger charge is 2.09. The minimum absolute atomic E-state index is 1.20. The van der Waals surface area contributed by atoms with E-state index in [1.165, 1.54) is 27.9 Å². The molecule has 0 atom stereocenters. The summed E-state index contributed by atoms with van der Waals surface area (Å²) in [6.45, 7) is 2.17. The van der Waals surface area contributed by atoms with Gasteiger partial charge in [0.1, 0.15) is 0 Å². The molecule has 0 unspecified atom stereocenters. The Morgan fingerprint density at radius 2 is 1.28 bits per heavy atom. The fourth-order valence-electron chi connectivity index (χ4n) is 2.32. The summed E-state index contributed by atoms with van der Waals surface area (Å²) in [5.41, 5.74) is 6.27. The van der Waals surface area contributed by atoms with Gasteiger partial charge in [0.2, 0.25) is 0 Å². The van der Waals surface area contributed by atoms with Crippen LogP contribution < -0.4 is 0 Å². The third-order valence-electron chi connectivity index (χ3n) is 3.29. The van der Waals surface area contributed by atoms with Gasteiger partial charge >= 0.3 is 0 Å². The van der Waals surface area contributed by atoms with E-state index in [9.17, 15) is 0 Å². The predicted molar refractivity (Wildman–Crippen MR) is 76.4 cm³/mol. The quantitative estimate of drug-likeness (QED) is 0.662. The van der Waals surface area contributed by atoms with E-state index in [1.807, 2.05) is 12.1 Å². The molecule has 1 nitrogen and oxygen atoms in total. The van der Waals surface area contributed by atoms with Gasteiger partial charge in [-0.05, 0) is 23.6 Å². The second-order valence-corrected chi connectivity index (χ2v) is 4.43. The first-order valence-electron chi connectivity index (χ1n) is 6.15. The van der Waals surface area contributed by atoms with Gasteiger partial charge in [0.25, 0.3) is 0 Å². The van der Waals surface area contributed by atoms with E-state index in [0.29, 0.717) is 0 Å². The smallest absolute Gasteiger partial charge is 0.0490 e. The maximum absolute atomic E-state index is 3.39. The standard InChI is InChI=1S/C17H15N/c1-13-16(14-8-4-2-5-9-14)12-18-17(13)15-10-6-3-7-11-15/h2-12,18H,1H3. The fraction of sp³-hybridized carbons (Fsp3) is 0.0588. The van der Waals surface area contributed by atoms with Crippen molar-refractivity contribution in [1.29, 1.82) is 0 Å². The molecule has 0 aliphatic rings. The molecule has 0 radical (unpaired) electrons. The summed E-state index contributed by atoms with van der Waals surface area (Å²) in [7, 11) is 0. The summed E-state index contributed by atoms with van der Waals surface area (Å²) in [6.07, 6.45) is 2.09. The molecule has 1 N–H and O–H groups in total. The molecule has 0 bridgehead atoms. The topological polar surface area (TPSA) is 15.8 Å². The van der Waals surface area contributed by atoms with Crippen LogP contribution in [0, 0.1) is 6.92 Å². The third kappa shape index (κ3) is 1.84. The molecular formula is C17H15N. The first-order chi connectivity index (χ1) is 8.86. The van der Waals surface area contributed by atoms with E-state index < -0.39 is 0 Å². The van der Waals surface area contributed by atoms with Gasteiger partial charge in [0.05, 0.1) is 0 Å². The predicted octanol–water partition coefficient (Wildman–Crippen LogP) is 4.66. The number of H-pyrrole nitrogens is 1. The van der Waals surface area contributed by atoms with Gasteiger partial charge in [0, 0.05) is 17.5 Å². The normalized spacial score (nSPS) is 10.5. The minimum Gasteiger partial charge on any atom is -0.360 e. The molecule has 1 heteroatoms. The SMILES string of the molecule is Cc1c(-c2ccccc2)c[nH]c1-c1ccccc1. The van der Waals surface area contributed by atoms with E-state index in [-0.39, 0.29) is 0 Å². The Morgan fingerprint density at radius 3 is 1.89 bits per heavy atom. The fourth-order valence-corrected chi connectivity index (χ4v) is 2.32. The van der Waals surface area contributed by atoms with Crippen LogP contribution in [0.3, 0.4) is 0 Å². The number of aromatic nitrogens is 1. The number of rotatable bonds is 2. The lowest BCUT2D eigenvalue weighted by Gasteiger charge is -2.02. The molecule has 88 valence electrons. The largest absolute Gasteiger partial charge is 0.360 e. The second-order valence-electron chi connectivity index (χ2n) is 4.43. The van der Waals surface area contributed by atoms with Crippen molar-refractivity contribution >= 4 is 0 Å². The van der Waals surface area contributed by atoms with E-state index in [0.717, 1.165) is 0 Å². The summed E-state index contributed by atoms with van der Waals surface area (Å²) in [5.74, 6) is 0. The van der Waals surface area contributed by atoms with Gasteiger partial charge in [-0.1, -0.05) is 60.7 Å². The number of benzene rings is 2. The van der Waals surface area contributed by atoms with Gasteiger partial charge in [0.15, 0.2) is 0 Å². The van der Waals surface area contributed by atoms with Crippen LogP contribution in [0.5, 0.6) is 0 Å². The first kappa shape index (κ1) is 10.8. The van der Waals surface area contributed by atoms with E-state index >= 15 is 0 Å². The Hall–Kier alpha value is -2.28. The molecule has 0 amide bonds. The van der Waals surface area contributed by atoms with Crippen molar-refractivity contribution in [2.45, 2.75) is 6.92 Å². The molecular weight excluding hydrogens is 218 g/mol. The summed E-state index contributed by atoms with van der Waals surface area (Å²) in [6, 6.07) is 20.9. The van der Waals surface area contributed by atoms with Crippen LogP contribution in [-0.2, 0) is 0 Å². The van der Waals surface area contributed by atoms with Crippen molar-refractivity contribution in [3.05, 3.63) is 72.4 Å². The average molecular weight is 233 g/mol. The monoisotopic (exact) mass is 233 g/mol. The van der Waals surface area contributed by atoms with Gasteiger partial charge < -0.3 is 4.98 Å². The molecule has 0 saturated heterocycles. The summed E-state index contributed by atoms with van der Waals surface area (Å²) in [5, 5.41) is 0.